The lowest BCUT2D eigenvalue weighted by Gasteiger charge is -2.32. The minimum absolute atomic E-state index is 0.0957. The van der Waals surface area contributed by atoms with Gasteiger partial charge in [-0.05, 0) is 87.9 Å². The van der Waals surface area contributed by atoms with Gasteiger partial charge in [0, 0.05) is 35.3 Å². The van der Waals surface area contributed by atoms with E-state index in [4.69, 9.17) is 16.6 Å². The van der Waals surface area contributed by atoms with Crippen molar-refractivity contribution in [1.29, 1.82) is 0 Å². The molecule has 4 aliphatic heterocycles. The van der Waals surface area contributed by atoms with Crippen molar-refractivity contribution in [3.8, 4) is 16.8 Å². The standard InChI is InChI=1S/C42H38ClN9O4S/c1-24-33(57-42-36(24)38(28-7-9-30(43)10-8-28)44-22-34-48-47-25(2)51(34)42)12-6-27-21-45-50(23-27)19-18-49-16-14-26(15-17-49)20-29-4-3-5-31-37(29)41(56)52(40(31)55)32-11-13-35(53)46-39(32)54/h3-5,7-10,21,23,26,32H,11,13-20,22H2,1-2H3,(H,46,53,54). The Labute approximate surface area is 337 Å². The van der Waals surface area contributed by atoms with Gasteiger partial charge in [-0.25, -0.2) is 0 Å². The van der Waals surface area contributed by atoms with Crippen LogP contribution in [0.4, 0.5) is 0 Å². The van der Waals surface area contributed by atoms with Crippen molar-refractivity contribution >= 4 is 52.3 Å². The molecule has 9 rings (SSSR count). The molecule has 57 heavy (non-hydrogen) atoms. The molecular formula is C42H38ClN9O4S. The molecule has 13 nitrogen and oxygen atoms in total. The molecule has 4 aliphatic rings. The zero-order valence-electron chi connectivity index (χ0n) is 31.4. The lowest BCUT2D eigenvalue weighted by Crippen LogP contribution is -2.54. The third-order valence-electron chi connectivity index (χ3n) is 11.3. The van der Waals surface area contributed by atoms with Crippen LogP contribution < -0.4 is 5.32 Å². The number of halogens is 1. The summed E-state index contributed by atoms with van der Waals surface area (Å²) in [6, 6.07) is 12.2. The highest BCUT2D eigenvalue weighted by molar-refractivity contribution is 7.15. The highest BCUT2D eigenvalue weighted by atomic mass is 35.5. The lowest BCUT2D eigenvalue weighted by molar-refractivity contribution is -0.136. The number of likely N-dealkylation sites (tertiary alicyclic amines) is 1. The number of imide groups is 2. The predicted molar refractivity (Wildman–Crippen MR) is 214 cm³/mol. The van der Waals surface area contributed by atoms with Gasteiger partial charge in [0.15, 0.2) is 5.82 Å². The summed E-state index contributed by atoms with van der Waals surface area (Å²) in [5.41, 5.74) is 6.36. The van der Waals surface area contributed by atoms with Gasteiger partial charge in [-0.2, -0.15) is 5.10 Å². The number of aryl methyl sites for hydroxylation is 1. The van der Waals surface area contributed by atoms with E-state index in [0.717, 1.165) is 99.0 Å². The van der Waals surface area contributed by atoms with E-state index in [1.807, 2.05) is 54.2 Å². The van der Waals surface area contributed by atoms with Crippen LogP contribution in [0.15, 0.2) is 59.9 Å². The van der Waals surface area contributed by atoms with E-state index in [0.29, 0.717) is 35.0 Å². The summed E-state index contributed by atoms with van der Waals surface area (Å²) in [6.45, 7) is 7.88. The maximum atomic E-state index is 13.6. The van der Waals surface area contributed by atoms with E-state index in [2.05, 4.69) is 48.8 Å². The normalized spacial score (nSPS) is 18.4. The third kappa shape index (κ3) is 6.90. The van der Waals surface area contributed by atoms with Crippen molar-refractivity contribution < 1.29 is 19.2 Å². The van der Waals surface area contributed by atoms with Gasteiger partial charge in [0.1, 0.15) is 23.4 Å². The summed E-state index contributed by atoms with van der Waals surface area (Å²) in [5.74, 6) is 6.82. The highest BCUT2D eigenvalue weighted by Crippen LogP contribution is 2.37. The van der Waals surface area contributed by atoms with E-state index in [1.54, 1.807) is 23.6 Å². The van der Waals surface area contributed by atoms with Gasteiger partial charge in [-0.15, -0.1) is 21.5 Å². The van der Waals surface area contributed by atoms with Gasteiger partial charge in [0.05, 0.1) is 40.0 Å². The molecule has 1 atom stereocenters. The highest BCUT2D eigenvalue weighted by Gasteiger charge is 2.45. The molecule has 0 saturated carbocycles. The number of amides is 4. The Balaban J connectivity index is 0.829. The number of thiophene rings is 1. The van der Waals surface area contributed by atoms with Crippen LogP contribution >= 0.6 is 22.9 Å². The quantitative estimate of drug-likeness (QED) is 0.181. The summed E-state index contributed by atoms with van der Waals surface area (Å²) >= 11 is 7.83. The van der Waals surface area contributed by atoms with Gasteiger partial charge in [0.2, 0.25) is 11.8 Å². The third-order valence-corrected chi connectivity index (χ3v) is 12.8. The maximum absolute atomic E-state index is 13.6. The first-order valence-corrected chi connectivity index (χ1v) is 20.3. The number of nitrogens with zero attached hydrogens (tertiary/aromatic N) is 8. The van der Waals surface area contributed by atoms with Gasteiger partial charge in [0.25, 0.3) is 11.8 Å². The molecule has 1 N–H and O–H groups in total. The Kier molecular flexibility index (Phi) is 9.68. The van der Waals surface area contributed by atoms with Gasteiger partial charge < -0.3 is 4.90 Å². The van der Waals surface area contributed by atoms with E-state index < -0.39 is 23.8 Å². The number of nitrogens with one attached hydrogen (secondary N) is 1. The molecule has 7 heterocycles. The molecule has 0 radical (unpaired) electrons. The van der Waals surface area contributed by atoms with E-state index >= 15 is 0 Å². The number of piperidine rings is 2. The molecule has 1 unspecified atom stereocenters. The second-order valence-corrected chi connectivity index (χ2v) is 16.4. The molecular weight excluding hydrogens is 762 g/mol. The average Bonchev–Trinajstić information content (AvgIpc) is 3.93. The van der Waals surface area contributed by atoms with E-state index in [1.165, 1.54) is 0 Å². The largest absolute Gasteiger partial charge is 0.301 e. The topological polar surface area (TPSA) is 148 Å². The maximum Gasteiger partial charge on any atom is 0.262 e. The molecule has 15 heteroatoms. The molecule has 3 aromatic heterocycles. The van der Waals surface area contributed by atoms with E-state index in [9.17, 15) is 19.2 Å². The predicted octanol–water partition coefficient (Wildman–Crippen LogP) is 4.90. The molecule has 2 aromatic carbocycles. The van der Waals surface area contributed by atoms with Crippen LogP contribution in [0.25, 0.3) is 5.00 Å². The fourth-order valence-electron chi connectivity index (χ4n) is 8.30. The molecule has 4 amide bonds. The average molecular weight is 800 g/mol. The summed E-state index contributed by atoms with van der Waals surface area (Å²) in [7, 11) is 0. The van der Waals surface area contributed by atoms with E-state index in [-0.39, 0.29) is 18.7 Å². The zero-order chi connectivity index (χ0) is 39.4. The molecule has 0 spiro atoms. The molecule has 0 bridgehead atoms. The summed E-state index contributed by atoms with van der Waals surface area (Å²) in [5, 5.41) is 17.3. The van der Waals surface area contributed by atoms with Crippen LogP contribution in [-0.4, -0.2) is 89.4 Å². The first-order chi connectivity index (χ1) is 27.6. The van der Waals surface area contributed by atoms with Crippen LogP contribution in [0.2, 0.25) is 5.02 Å². The Bertz CT molecular complexity index is 2570. The number of benzene rings is 2. The molecule has 2 saturated heterocycles. The van der Waals surface area contributed by atoms with Gasteiger partial charge >= 0.3 is 0 Å². The summed E-state index contributed by atoms with van der Waals surface area (Å²) < 4.78 is 4.02. The van der Waals surface area contributed by atoms with Crippen molar-refractivity contribution in [1.82, 2.24) is 39.7 Å². The number of fused-ring (bicyclic) bond motifs is 4. The second-order valence-electron chi connectivity index (χ2n) is 14.9. The molecule has 288 valence electrons. The van der Waals surface area contributed by atoms with Crippen LogP contribution in [0, 0.1) is 31.6 Å². The van der Waals surface area contributed by atoms with Gasteiger partial charge in [-0.3, -0.25) is 43.6 Å². The van der Waals surface area contributed by atoms with Crippen molar-refractivity contribution in [2.24, 2.45) is 10.9 Å². The van der Waals surface area contributed by atoms with Crippen LogP contribution in [0.1, 0.15) is 90.7 Å². The minimum Gasteiger partial charge on any atom is -0.301 e. The van der Waals surface area contributed by atoms with Crippen LogP contribution in [0.3, 0.4) is 0 Å². The van der Waals surface area contributed by atoms with Crippen LogP contribution in [0.5, 0.6) is 0 Å². The number of hydrogen-bond acceptors (Lipinski definition) is 10. The van der Waals surface area contributed by atoms with Gasteiger partial charge in [-0.1, -0.05) is 47.7 Å². The number of aliphatic imine (C=N–C) groups is 1. The second kappa shape index (κ2) is 15.0. The molecule has 0 aliphatic carbocycles. The number of rotatable bonds is 7. The van der Waals surface area contributed by atoms with Crippen LogP contribution in [-0.2, 0) is 29.1 Å². The number of carbonyl (C=O) groups is 4. The Morgan fingerprint density at radius 2 is 1.74 bits per heavy atom. The first kappa shape index (κ1) is 36.9. The molecule has 5 aromatic rings. The SMILES string of the molecule is Cc1c(C#Cc2cnn(CCN3CCC(Cc4cccc5c4C(=O)N(C4CCC(=O)NC4=O)C5=O)CC3)c2)sc2c1C(c1ccc(Cl)cc1)=NCc1nnc(C)n1-2. The summed E-state index contributed by atoms with van der Waals surface area (Å²) in [4.78, 5) is 60.5. The monoisotopic (exact) mass is 799 g/mol. The summed E-state index contributed by atoms with van der Waals surface area (Å²) in [6.07, 6.45) is 6.64. The lowest BCUT2D eigenvalue weighted by atomic mass is 9.87. The molecule has 2 fully saturated rings. The fraction of sp³-hybridized carbons (Fsp3) is 0.333. The fourth-order valence-corrected chi connectivity index (χ4v) is 9.66. The van der Waals surface area contributed by atoms with Crippen molar-refractivity contribution in [3.05, 3.63) is 115 Å². The number of carbonyl (C=O) groups excluding carboxylic acids is 4. The number of aromatic nitrogens is 5. The smallest absolute Gasteiger partial charge is 0.262 e. The van der Waals surface area contributed by atoms with Crippen molar-refractivity contribution in [2.45, 2.75) is 65.1 Å². The Hall–Kier alpha value is -5.75. The number of hydrogen-bond donors (Lipinski definition) is 1. The van der Waals surface area contributed by atoms with Crippen molar-refractivity contribution in [3.63, 3.8) is 0 Å². The first-order valence-electron chi connectivity index (χ1n) is 19.1. The Morgan fingerprint density at radius 3 is 2.53 bits per heavy atom. The minimum atomic E-state index is -0.969. The van der Waals surface area contributed by atoms with Crippen molar-refractivity contribution in [2.75, 3.05) is 19.6 Å². The Morgan fingerprint density at radius 1 is 0.930 bits per heavy atom. The zero-order valence-corrected chi connectivity index (χ0v) is 33.0.